The molecule has 17 heavy (non-hydrogen) atoms. The van der Waals surface area contributed by atoms with E-state index in [2.05, 4.69) is 31.9 Å². The first kappa shape index (κ1) is 12.9. The highest BCUT2D eigenvalue weighted by Gasteiger charge is 2.11. The van der Waals surface area contributed by atoms with Gasteiger partial charge in [0.1, 0.15) is 5.75 Å². The van der Waals surface area contributed by atoms with Crippen LogP contribution >= 0.6 is 43.5 Å². The number of hydrogen-bond donors (Lipinski definition) is 0. The molecule has 0 aliphatic carbocycles. The third-order valence-electron chi connectivity index (χ3n) is 2.41. The van der Waals surface area contributed by atoms with Crippen LogP contribution in [0.5, 0.6) is 5.75 Å². The molecule has 1 nitrogen and oxygen atoms in total. The van der Waals surface area contributed by atoms with Gasteiger partial charge in [0, 0.05) is 25.1 Å². The molecular weight excluding hydrogens is 367 g/mol. The highest BCUT2D eigenvalue weighted by Crippen LogP contribution is 2.40. The average molecular weight is 376 g/mol. The Hall–Kier alpha value is -0.510. The summed E-state index contributed by atoms with van der Waals surface area (Å²) >= 11 is 13.3. The zero-order valence-electron chi connectivity index (χ0n) is 9.01. The number of ether oxygens (including phenoxy) is 1. The standard InChI is InChI=1S/C13H9Br2ClO/c1-17-8-5-6-10(14)9(7-8)13-11(15)3-2-4-12(13)16/h2-7H,1H3. The number of hydrogen-bond acceptors (Lipinski definition) is 1. The monoisotopic (exact) mass is 374 g/mol. The third kappa shape index (κ3) is 2.67. The predicted molar refractivity (Wildman–Crippen MR) is 78.8 cm³/mol. The summed E-state index contributed by atoms with van der Waals surface area (Å²) < 4.78 is 7.17. The van der Waals surface area contributed by atoms with Crippen molar-refractivity contribution in [2.75, 3.05) is 7.11 Å². The molecule has 0 heterocycles. The minimum absolute atomic E-state index is 0.702. The second-order valence-electron chi connectivity index (χ2n) is 3.44. The van der Waals surface area contributed by atoms with Crippen molar-refractivity contribution in [1.29, 1.82) is 0 Å². The first-order valence-corrected chi connectivity index (χ1v) is 6.88. The molecule has 0 bridgehead atoms. The molecule has 0 aliphatic heterocycles. The molecule has 2 aromatic rings. The molecule has 0 fully saturated rings. The lowest BCUT2D eigenvalue weighted by atomic mass is 10.1. The van der Waals surface area contributed by atoms with E-state index >= 15 is 0 Å². The van der Waals surface area contributed by atoms with E-state index < -0.39 is 0 Å². The van der Waals surface area contributed by atoms with Crippen molar-refractivity contribution in [3.05, 3.63) is 50.4 Å². The van der Waals surface area contributed by atoms with Gasteiger partial charge < -0.3 is 4.74 Å². The summed E-state index contributed by atoms with van der Waals surface area (Å²) in [5.41, 5.74) is 1.96. The Kier molecular flexibility index (Phi) is 4.13. The van der Waals surface area contributed by atoms with Gasteiger partial charge in [0.15, 0.2) is 0 Å². The molecule has 2 aromatic carbocycles. The van der Waals surface area contributed by atoms with E-state index in [1.54, 1.807) is 7.11 Å². The van der Waals surface area contributed by atoms with Crippen molar-refractivity contribution in [3.63, 3.8) is 0 Å². The van der Waals surface area contributed by atoms with Gasteiger partial charge in [-0.2, -0.15) is 0 Å². The van der Waals surface area contributed by atoms with Crippen LogP contribution in [0.1, 0.15) is 0 Å². The Balaban J connectivity index is 2.67. The maximum atomic E-state index is 6.24. The smallest absolute Gasteiger partial charge is 0.119 e. The summed E-state index contributed by atoms with van der Waals surface area (Å²) in [7, 11) is 1.65. The van der Waals surface area contributed by atoms with E-state index in [1.807, 2.05) is 36.4 Å². The molecule has 0 amide bonds. The fourth-order valence-corrected chi connectivity index (χ4v) is 2.99. The van der Waals surface area contributed by atoms with Gasteiger partial charge in [0.2, 0.25) is 0 Å². The van der Waals surface area contributed by atoms with Crippen LogP contribution < -0.4 is 4.74 Å². The van der Waals surface area contributed by atoms with Crippen molar-refractivity contribution in [3.8, 4) is 16.9 Å². The van der Waals surface area contributed by atoms with Crippen molar-refractivity contribution >= 4 is 43.5 Å². The van der Waals surface area contributed by atoms with Crippen molar-refractivity contribution in [1.82, 2.24) is 0 Å². The van der Waals surface area contributed by atoms with E-state index in [0.717, 1.165) is 25.8 Å². The number of halogens is 3. The van der Waals surface area contributed by atoms with E-state index in [0.29, 0.717) is 5.02 Å². The van der Waals surface area contributed by atoms with E-state index in [4.69, 9.17) is 16.3 Å². The summed E-state index contributed by atoms with van der Waals surface area (Å²) in [5.74, 6) is 0.801. The van der Waals surface area contributed by atoms with Crippen LogP contribution in [0.25, 0.3) is 11.1 Å². The highest BCUT2D eigenvalue weighted by atomic mass is 79.9. The van der Waals surface area contributed by atoms with Crippen molar-refractivity contribution in [2.24, 2.45) is 0 Å². The molecule has 4 heteroatoms. The zero-order chi connectivity index (χ0) is 12.4. The van der Waals surface area contributed by atoms with E-state index in [-0.39, 0.29) is 0 Å². The van der Waals surface area contributed by atoms with Gasteiger partial charge in [-0.05, 0) is 30.3 Å². The minimum Gasteiger partial charge on any atom is -0.497 e. The molecule has 88 valence electrons. The largest absolute Gasteiger partial charge is 0.497 e. The molecule has 0 saturated carbocycles. The Morgan fingerprint density at radius 1 is 1.06 bits per heavy atom. The van der Waals surface area contributed by atoms with Crippen LogP contribution in [0.2, 0.25) is 5.02 Å². The predicted octanol–water partition coefficient (Wildman–Crippen LogP) is 5.54. The molecule has 0 spiro atoms. The van der Waals surface area contributed by atoms with Crippen LogP contribution in [-0.2, 0) is 0 Å². The summed E-state index contributed by atoms with van der Waals surface area (Å²) in [6, 6.07) is 11.5. The van der Waals surface area contributed by atoms with E-state index in [9.17, 15) is 0 Å². The second-order valence-corrected chi connectivity index (χ2v) is 5.56. The quantitative estimate of drug-likeness (QED) is 0.669. The summed E-state index contributed by atoms with van der Waals surface area (Å²) in [5, 5.41) is 0.702. The first-order valence-electron chi connectivity index (χ1n) is 4.91. The Morgan fingerprint density at radius 2 is 1.82 bits per heavy atom. The average Bonchev–Trinajstić information content (AvgIpc) is 2.31. The zero-order valence-corrected chi connectivity index (χ0v) is 12.9. The van der Waals surface area contributed by atoms with Crippen molar-refractivity contribution < 1.29 is 4.74 Å². The van der Waals surface area contributed by atoms with Crippen LogP contribution in [0, 0.1) is 0 Å². The molecular formula is C13H9Br2ClO. The molecule has 0 saturated heterocycles. The minimum atomic E-state index is 0.702. The Morgan fingerprint density at radius 3 is 2.47 bits per heavy atom. The number of rotatable bonds is 2. The lowest BCUT2D eigenvalue weighted by Crippen LogP contribution is -1.87. The van der Waals surface area contributed by atoms with Crippen LogP contribution in [0.3, 0.4) is 0 Å². The van der Waals surface area contributed by atoms with Gasteiger partial charge in [0.25, 0.3) is 0 Å². The SMILES string of the molecule is COc1ccc(Br)c(-c2c(Cl)cccc2Br)c1. The van der Waals surface area contributed by atoms with Gasteiger partial charge in [-0.15, -0.1) is 0 Å². The van der Waals surface area contributed by atoms with Gasteiger partial charge >= 0.3 is 0 Å². The maximum absolute atomic E-state index is 6.24. The molecule has 0 unspecified atom stereocenters. The fraction of sp³-hybridized carbons (Fsp3) is 0.0769. The van der Waals surface area contributed by atoms with Crippen LogP contribution in [0.15, 0.2) is 45.3 Å². The Labute approximate surface area is 122 Å². The maximum Gasteiger partial charge on any atom is 0.119 e. The fourth-order valence-electron chi connectivity index (χ4n) is 1.58. The summed E-state index contributed by atoms with van der Waals surface area (Å²) in [6.45, 7) is 0. The molecule has 2 rings (SSSR count). The normalized spacial score (nSPS) is 10.4. The molecule has 0 radical (unpaired) electrons. The van der Waals surface area contributed by atoms with Crippen LogP contribution in [0.4, 0.5) is 0 Å². The summed E-state index contributed by atoms with van der Waals surface area (Å²) in [6.07, 6.45) is 0. The third-order valence-corrected chi connectivity index (χ3v) is 4.07. The molecule has 0 aromatic heterocycles. The number of benzene rings is 2. The van der Waals surface area contributed by atoms with Crippen LogP contribution in [-0.4, -0.2) is 7.11 Å². The first-order chi connectivity index (χ1) is 8.13. The molecule has 0 atom stereocenters. The van der Waals surface area contributed by atoms with Gasteiger partial charge in [0.05, 0.1) is 7.11 Å². The number of methoxy groups -OCH3 is 1. The van der Waals surface area contributed by atoms with Crippen molar-refractivity contribution in [2.45, 2.75) is 0 Å². The molecule has 0 aliphatic rings. The van der Waals surface area contributed by atoms with Gasteiger partial charge in [-0.25, -0.2) is 0 Å². The molecule has 0 N–H and O–H groups in total. The van der Waals surface area contributed by atoms with E-state index in [1.165, 1.54) is 0 Å². The lowest BCUT2D eigenvalue weighted by Gasteiger charge is -2.11. The highest BCUT2D eigenvalue weighted by molar-refractivity contribution is 9.11. The second kappa shape index (κ2) is 5.42. The lowest BCUT2D eigenvalue weighted by molar-refractivity contribution is 0.415. The Bertz CT molecular complexity index is 535. The van der Waals surface area contributed by atoms with Gasteiger partial charge in [-0.3, -0.25) is 0 Å². The topological polar surface area (TPSA) is 9.23 Å². The summed E-state index contributed by atoms with van der Waals surface area (Å²) in [4.78, 5) is 0. The van der Waals surface area contributed by atoms with Gasteiger partial charge in [-0.1, -0.05) is 49.5 Å².